The summed E-state index contributed by atoms with van der Waals surface area (Å²) in [6, 6.07) is 2.31. The van der Waals surface area contributed by atoms with E-state index in [0.717, 1.165) is 0 Å². The van der Waals surface area contributed by atoms with Gasteiger partial charge in [0.15, 0.2) is 0 Å². The smallest absolute Gasteiger partial charge is 0.123 e. The third-order valence-corrected chi connectivity index (χ3v) is 6.20. The normalized spacial score (nSPS) is 12.0. The first-order valence-electron chi connectivity index (χ1n) is 9.62. The zero-order valence-corrected chi connectivity index (χ0v) is 16.5. The Labute approximate surface area is 139 Å². The minimum absolute atomic E-state index is 1.20. The Balaban J connectivity index is 1.94. The summed E-state index contributed by atoms with van der Waals surface area (Å²) in [7, 11) is -1.26. The fourth-order valence-electron chi connectivity index (χ4n) is 2.89. The van der Waals surface area contributed by atoms with Crippen LogP contribution in [0.4, 0.5) is 0 Å². The molecule has 1 heterocycles. The molecule has 0 radical (unpaired) electrons. The number of hydrogen-bond acceptors (Lipinski definition) is 1. The van der Waals surface area contributed by atoms with Crippen molar-refractivity contribution < 1.29 is 4.42 Å². The van der Waals surface area contributed by atoms with Crippen molar-refractivity contribution in [3.63, 3.8) is 0 Å². The van der Waals surface area contributed by atoms with Crippen LogP contribution in [0.2, 0.25) is 19.6 Å². The van der Waals surface area contributed by atoms with E-state index in [1.807, 2.05) is 6.26 Å². The third kappa shape index (κ3) is 8.82. The molecule has 1 aromatic heterocycles. The van der Waals surface area contributed by atoms with Crippen molar-refractivity contribution in [1.29, 1.82) is 0 Å². The van der Waals surface area contributed by atoms with Crippen molar-refractivity contribution in [2.45, 2.75) is 104 Å². The van der Waals surface area contributed by atoms with E-state index in [1.54, 1.807) is 0 Å². The molecule has 1 nitrogen and oxygen atoms in total. The summed E-state index contributed by atoms with van der Waals surface area (Å²) in [5.74, 6) is 0. The second kappa shape index (κ2) is 11.1. The van der Waals surface area contributed by atoms with Gasteiger partial charge in [-0.25, -0.2) is 0 Å². The van der Waals surface area contributed by atoms with E-state index in [4.69, 9.17) is 4.42 Å². The van der Waals surface area contributed by atoms with Gasteiger partial charge in [0.2, 0.25) is 0 Å². The number of rotatable bonds is 13. The summed E-state index contributed by atoms with van der Waals surface area (Å²) < 4.78 is 5.74. The summed E-state index contributed by atoms with van der Waals surface area (Å²) in [4.78, 5) is 0. The first-order valence-corrected chi connectivity index (χ1v) is 13.1. The van der Waals surface area contributed by atoms with Crippen LogP contribution in [0.1, 0.15) is 83.1 Å². The van der Waals surface area contributed by atoms with Crippen LogP contribution >= 0.6 is 0 Å². The number of unbranched alkanes of at least 4 members (excludes halogenated alkanes) is 10. The minimum atomic E-state index is -1.26. The van der Waals surface area contributed by atoms with Gasteiger partial charge in [-0.15, -0.1) is 0 Å². The van der Waals surface area contributed by atoms with E-state index in [9.17, 15) is 0 Å². The van der Waals surface area contributed by atoms with Gasteiger partial charge in [0.25, 0.3) is 0 Å². The third-order valence-electron chi connectivity index (χ3n) is 4.46. The van der Waals surface area contributed by atoms with E-state index in [2.05, 4.69) is 32.6 Å². The van der Waals surface area contributed by atoms with Gasteiger partial charge in [0, 0.05) is 0 Å². The van der Waals surface area contributed by atoms with Crippen LogP contribution in [0.5, 0.6) is 0 Å². The summed E-state index contributed by atoms with van der Waals surface area (Å²) in [6.07, 6.45) is 18.8. The Morgan fingerprint density at radius 2 is 1.27 bits per heavy atom. The molecule has 0 aliphatic heterocycles. The Hall–Kier alpha value is -0.503. The maximum Gasteiger partial charge on any atom is 0.123 e. The van der Waals surface area contributed by atoms with Gasteiger partial charge >= 0.3 is 0 Å². The van der Waals surface area contributed by atoms with Crippen LogP contribution in [-0.4, -0.2) is 8.07 Å². The molecule has 22 heavy (non-hydrogen) atoms. The Morgan fingerprint density at radius 3 is 1.73 bits per heavy atom. The van der Waals surface area contributed by atoms with E-state index >= 15 is 0 Å². The predicted molar refractivity (Wildman–Crippen MR) is 102 cm³/mol. The lowest BCUT2D eigenvalue weighted by molar-refractivity contribution is 0.548. The van der Waals surface area contributed by atoms with E-state index in [-0.39, 0.29) is 0 Å². The molecule has 1 aromatic rings. The van der Waals surface area contributed by atoms with Crippen molar-refractivity contribution in [1.82, 2.24) is 0 Å². The quantitative estimate of drug-likeness (QED) is 0.292. The number of furan rings is 1. The fraction of sp³-hybridized carbons (Fsp3) is 0.800. The molecule has 0 saturated heterocycles. The highest BCUT2D eigenvalue weighted by atomic mass is 28.3. The standard InChI is InChI=1S/C20H38OSi/c1-5-6-7-8-9-10-11-12-13-14-15-16-19-17-20(21-18-19)22(2,3)4/h17-18H,5-16H2,1-4H3. The molecule has 0 N–H and O–H groups in total. The Morgan fingerprint density at radius 1 is 0.773 bits per heavy atom. The zero-order valence-electron chi connectivity index (χ0n) is 15.5. The van der Waals surface area contributed by atoms with Crippen LogP contribution in [0, 0.1) is 0 Å². The average molecular weight is 323 g/mol. The van der Waals surface area contributed by atoms with Crippen LogP contribution in [0.25, 0.3) is 0 Å². The van der Waals surface area contributed by atoms with Gasteiger partial charge in [0.1, 0.15) is 8.07 Å². The molecule has 2 heteroatoms. The molecular formula is C20H38OSi. The van der Waals surface area contributed by atoms with Gasteiger partial charge in [-0.3, -0.25) is 0 Å². The van der Waals surface area contributed by atoms with Gasteiger partial charge in [0.05, 0.1) is 11.6 Å². The zero-order chi connectivity index (χ0) is 16.3. The van der Waals surface area contributed by atoms with Gasteiger partial charge in [-0.1, -0.05) is 90.8 Å². The molecule has 0 bridgehead atoms. The highest BCUT2D eigenvalue weighted by Gasteiger charge is 2.20. The maximum absolute atomic E-state index is 5.74. The molecule has 128 valence electrons. The monoisotopic (exact) mass is 322 g/mol. The number of hydrogen-bond donors (Lipinski definition) is 0. The molecule has 0 amide bonds. The molecule has 0 aliphatic rings. The van der Waals surface area contributed by atoms with Crippen molar-refractivity contribution in [2.24, 2.45) is 0 Å². The largest absolute Gasteiger partial charge is 0.474 e. The molecule has 1 rings (SSSR count). The van der Waals surface area contributed by atoms with Crippen LogP contribution < -0.4 is 5.38 Å². The van der Waals surface area contributed by atoms with Crippen molar-refractivity contribution in [2.75, 3.05) is 0 Å². The summed E-state index contributed by atoms with van der Waals surface area (Å²) in [5.41, 5.74) is 1.41. The summed E-state index contributed by atoms with van der Waals surface area (Å²) in [6.45, 7) is 9.32. The second-order valence-corrected chi connectivity index (χ2v) is 12.8. The maximum atomic E-state index is 5.74. The van der Waals surface area contributed by atoms with Gasteiger partial charge in [-0.2, -0.15) is 0 Å². The highest BCUT2D eigenvalue weighted by molar-refractivity contribution is 6.87. The SMILES string of the molecule is CCCCCCCCCCCCCc1coc([Si](C)(C)C)c1. The molecule has 0 spiro atoms. The topological polar surface area (TPSA) is 13.1 Å². The predicted octanol–water partition coefficient (Wildman–Crippen LogP) is 6.68. The molecule has 0 aromatic carbocycles. The van der Waals surface area contributed by atoms with E-state index in [0.29, 0.717) is 0 Å². The lowest BCUT2D eigenvalue weighted by atomic mass is 10.0. The van der Waals surface area contributed by atoms with Crippen molar-refractivity contribution >= 4 is 13.5 Å². The lowest BCUT2D eigenvalue weighted by Gasteiger charge is -2.10. The molecule has 0 unspecified atom stereocenters. The molecular weight excluding hydrogens is 284 g/mol. The fourth-order valence-corrected chi connectivity index (χ4v) is 3.92. The minimum Gasteiger partial charge on any atom is -0.474 e. The summed E-state index contributed by atoms with van der Waals surface area (Å²) >= 11 is 0. The molecule has 0 atom stereocenters. The molecule has 0 aliphatic carbocycles. The molecule has 0 fully saturated rings. The van der Waals surface area contributed by atoms with Gasteiger partial charge < -0.3 is 4.42 Å². The van der Waals surface area contributed by atoms with Crippen LogP contribution in [0.3, 0.4) is 0 Å². The summed E-state index contributed by atoms with van der Waals surface area (Å²) in [5, 5.41) is 1.26. The number of aryl methyl sites for hydroxylation is 1. The first kappa shape index (κ1) is 19.5. The van der Waals surface area contributed by atoms with E-state index < -0.39 is 8.07 Å². The average Bonchev–Trinajstić information content (AvgIpc) is 2.94. The first-order chi connectivity index (χ1) is 10.5. The van der Waals surface area contributed by atoms with Crippen molar-refractivity contribution in [3.05, 3.63) is 17.9 Å². The lowest BCUT2D eigenvalue weighted by Crippen LogP contribution is -2.36. The second-order valence-electron chi connectivity index (χ2n) is 7.85. The molecule has 0 saturated carbocycles. The van der Waals surface area contributed by atoms with Crippen LogP contribution in [-0.2, 0) is 6.42 Å². The van der Waals surface area contributed by atoms with Gasteiger partial charge in [-0.05, 0) is 24.5 Å². The Bertz CT molecular complexity index is 375. The Kier molecular flexibility index (Phi) is 9.86. The van der Waals surface area contributed by atoms with Crippen LogP contribution in [0.15, 0.2) is 16.7 Å². The highest BCUT2D eigenvalue weighted by Crippen LogP contribution is 2.13. The van der Waals surface area contributed by atoms with E-state index in [1.165, 1.54) is 88.0 Å². The van der Waals surface area contributed by atoms with Crippen molar-refractivity contribution in [3.8, 4) is 0 Å².